The molecular weight excluding hydrogens is 222 g/mol. The third-order valence-electron chi connectivity index (χ3n) is 2.58. The lowest BCUT2D eigenvalue weighted by molar-refractivity contribution is -0.142. The molecule has 0 radical (unpaired) electrons. The number of carbonyl (C=O) groups is 2. The quantitative estimate of drug-likeness (QED) is 0.675. The maximum atomic E-state index is 11.6. The summed E-state index contributed by atoms with van der Waals surface area (Å²) in [6.07, 6.45) is 0.632. The minimum absolute atomic E-state index is 0.159. The second-order valence-corrected chi connectivity index (χ2v) is 4.54. The summed E-state index contributed by atoms with van der Waals surface area (Å²) in [7, 11) is 1.47. The van der Waals surface area contributed by atoms with Gasteiger partial charge in [-0.15, -0.1) is 0 Å². The van der Waals surface area contributed by atoms with Gasteiger partial charge in [-0.2, -0.15) is 0 Å². The number of rotatable bonds is 8. The number of carboxylic acid groups (broad SMARTS) is 1. The van der Waals surface area contributed by atoms with Crippen molar-refractivity contribution in [3.8, 4) is 0 Å². The topological polar surface area (TPSA) is 75.6 Å². The van der Waals surface area contributed by atoms with Crippen molar-refractivity contribution in [2.75, 3.05) is 13.7 Å². The van der Waals surface area contributed by atoms with Gasteiger partial charge in [0.15, 0.2) is 0 Å². The van der Waals surface area contributed by atoms with Crippen molar-refractivity contribution in [3.05, 3.63) is 0 Å². The number of amides is 1. The maximum absolute atomic E-state index is 11.6. The molecule has 5 nitrogen and oxygen atoms in total. The van der Waals surface area contributed by atoms with Crippen LogP contribution in [0.25, 0.3) is 0 Å². The number of hydrogen-bond donors (Lipinski definition) is 2. The number of aliphatic carboxylic acids is 1. The fraction of sp³-hybridized carbons (Fsp3) is 0.833. The van der Waals surface area contributed by atoms with Gasteiger partial charge in [0.25, 0.3) is 0 Å². The number of carboxylic acids is 1. The van der Waals surface area contributed by atoms with Crippen molar-refractivity contribution < 1.29 is 19.4 Å². The van der Waals surface area contributed by atoms with E-state index >= 15 is 0 Å². The summed E-state index contributed by atoms with van der Waals surface area (Å²) in [6.45, 7) is 5.92. The first-order valence-corrected chi connectivity index (χ1v) is 5.95. The highest BCUT2D eigenvalue weighted by molar-refractivity contribution is 5.81. The molecule has 0 bridgehead atoms. The lowest BCUT2D eigenvalue weighted by Gasteiger charge is -2.18. The van der Waals surface area contributed by atoms with Gasteiger partial charge in [0.1, 0.15) is 6.10 Å². The molecule has 2 N–H and O–H groups in total. The summed E-state index contributed by atoms with van der Waals surface area (Å²) < 4.78 is 4.98. The van der Waals surface area contributed by atoms with Crippen LogP contribution in [-0.4, -0.2) is 36.7 Å². The van der Waals surface area contributed by atoms with Crippen LogP contribution in [0.15, 0.2) is 0 Å². The highest BCUT2D eigenvalue weighted by Gasteiger charge is 2.22. The molecule has 0 aromatic carbocycles. The molecule has 0 fully saturated rings. The molecule has 1 amide bonds. The van der Waals surface area contributed by atoms with E-state index in [2.05, 4.69) is 5.32 Å². The molecule has 0 rings (SSSR count). The minimum atomic E-state index is -0.871. The molecule has 0 aliphatic rings. The van der Waals surface area contributed by atoms with E-state index in [1.165, 1.54) is 7.11 Å². The van der Waals surface area contributed by atoms with Crippen LogP contribution in [0.2, 0.25) is 0 Å². The predicted octanol–water partition coefficient (Wildman–Crippen LogP) is 1.27. The maximum Gasteiger partial charge on any atom is 0.308 e. The Morgan fingerprint density at radius 2 is 1.94 bits per heavy atom. The van der Waals surface area contributed by atoms with Crippen molar-refractivity contribution in [3.63, 3.8) is 0 Å². The standard InChI is InChI=1S/C12H23NO4/c1-5-10(17-4)11(14)13-7-9(12(15)16)6-8(2)3/h8-10H,5-7H2,1-4H3,(H,13,14)(H,15,16). The first-order chi connectivity index (χ1) is 7.92. The third kappa shape index (κ3) is 6.26. The first kappa shape index (κ1) is 15.9. The Morgan fingerprint density at radius 3 is 2.29 bits per heavy atom. The summed E-state index contributed by atoms with van der Waals surface area (Å²) >= 11 is 0. The van der Waals surface area contributed by atoms with Crippen molar-refractivity contribution in [2.45, 2.75) is 39.7 Å². The van der Waals surface area contributed by atoms with Crippen LogP contribution in [-0.2, 0) is 14.3 Å². The van der Waals surface area contributed by atoms with E-state index in [1.807, 2.05) is 20.8 Å². The lowest BCUT2D eigenvalue weighted by atomic mass is 9.97. The number of carbonyl (C=O) groups excluding carboxylic acids is 1. The minimum Gasteiger partial charge on any atom is -0.481 e. The second-order valence-electron chi connectivity index (χ2n) is 4.54. The molecule has 17 heavy (non-hydrogen) atoms. The summed E-state index contributed by atoms with van der Waals surface area (Å²) in [5.74, 6) is -1.36. The van der Waals surface area contributed by atoms with Gasteiger partial charge in [-0.25, -0.2) is 0 Å². The Bertz CT molecular complexity index is 249. The predicted molar refractivity (Wildman–Crippen MR) is 64.7 cm³/mol. The zero-order valence-corrected chi connectivity index (χ0v) is 11.0. The number of methoxy groups -OCH3 is 1. The van der Waals surface area contributed by atoms with Crippen LogP contribution in [0, 0.1) is 11.8 Å². The summed E-state index contributed by atoms with van der Waals surface area (Å²) in [5, 5.41) is 11.6. The van der Waals surface area contributed by atoms with Gasteiger partial charge in [0, 0.05) is 13.7 Å². The van der Waals surface area contributed by atoms with Crippen LogP contribution in [0.3, 0.4) is 0 Å². The molecule has 0 aliphatic heterocycles. The Hall–Kier alpha value is -1.10. The van der Waals surface area contributed by atoms with Gasteiger partial charge < -0.3 is 15.2 Å². The molecule has 100 valence electrons. The Labute approximate surface area is 103 Å². The Morgan fingerprint density at radius 1 is 1.35 bits per heavy atom. The van der Waals surface area contributed by atoms with E-state index in [0.29, 0.717) is 12.8 Å². The van der Waals surface area contributed by atoms with Crippen molar-refractivity contribution in [1.29, 1.82) is 0 Å². The van der Waals surface area contributed by atoms with Crippen LogP contribution < -0.4 is 5.32 Å². The van der Waals surface area contributed by atoms with Crippen molar-refractivity contribution in [1.82, 2.24) is 5.32 Å². The van der Waals surface area contributed by atoms with Gasteiger partial charge in [-0.1, -0.05) is 20.8 Å². The van der Waals surface area contributed by atoms with Gasteiger partial charge in [0.2, 0.25) is 5.91 Å². The number of ether oxygens (including phenoxy) is 1. The molecule has 0 aliphatic carbocycles. The molecule has 0 saturated carbocycles. The van der Waals surface area contributed by atoms with E-state index in [4.69, 9.17) is 9.84 Å². The molecule has 0 aromatic heterocycles. The Balaban J connectivity index is 4.21. The van der Waals surface area contributed by atoms with Gasteiger partial charge in [0.05, 0.1) is 5.92 Å². The SMILES string of the molecule is CCC(OC)C(=O)NCC(CC(C)C)C(=O)O. The molecule has 2 unspecified atom stereocenters. The highest BCUT2D eigenvalue weighted by atomic mass is 16.5. The van der Waals surface area contributed by atoms with E-state index < -0.39 is 18.0 Å². The normalized spacial score (nSPS) is 14.4. The van der Waals surface area contributed by atoms with Crippen LogP contribution in [0.4, 0.5) is 0 Å². The van der Waals surface area contributed by atoms with E-state index in [1.54, 1.807) is 0 Å². The molecule has 0 spiro atoms. The van der Waals surface area contributed by atoms with Gasteiger partial charge in [-0.05, 0) is 18.8 Å². The van der Waals surface area contributed by atoms with Crippen LogP contribution >= 0.6 is 0 Å². The van der Waals surface area contributed by atoms with E-state index in [-0.39, 0.29) is 18.4 Å². The van der Waals surface area contributed by atoms with Crippen LogP contribution in [0.1, 0.15) is 33.6 Å². The molecule has 0 saturated heterocycles. The first-order valence-electron chi connectivity index (χ1n) is 5.95. The van der Waals surface area contributed by atoms with Crippen molar-refractivity contribution in [2.24, 2.45) is 11.8 Å². The number of hydrogen-bond acceptors (Lipinski definition) is 3. The van der Waals surface area contributed by atoms with Crippen molar-refractivity contribution >= 4 is 11.9 Å². The summed E-state index contributed by atoms with van der Waals surface area (Å²) in [5.41, 5.74) is 0. The zero-order chi connectivity index (χ0) is 13.4. The van der Waals surface area contributed by atoms with Gasteiger partial charge in [-0.3, -0.25) is 9.59 Å². The molecule has 2 atom stereocenters. The molecule has 0 heterocycles. The van der Waals surface area contributed by atoms with E-state index in [9.17, 15) is 9.59 Å². The van der Waals surface area contributed by atoms with Gasteiger partial charge >= 0.3 is 5.97 Å². The number of nitrogens with one attached hydrogen (secondary N) is 1. The average Bonchev–Trinajstić information content (AvgIpc) is 2.25. The average molecular weight is 245 g/mol. The second kappa shape index (κ2) is 8.06. The lowest BCUT2D eigenvalue weighted by Crippen LogP contribution is -2.40. The zero-order valence-electron chi connectivity index (χ0n) is 11.0. The molecular formula is C12H23NO4. The molecule has 0 aromatic rings. The van der Waals surface area contributed by atoms with Crippen LogP contribution in [0.5, 0.6) is 0 Å². The fourth-order valence-corrected chi connectivity index (χ4v) is 1.64. The molecule has 5 heteroatoms. The van der Waals surface area contributed by atoms with E-state index in [0.717, 1.165) is 0 Å². The fourth-order valence-electron chi connectivity index (χ4n) is 1.64. The smallest absolute Gasteiger partial charge is 0.308 e. The monoisotopic (exact) mass is 245 g/mol. The summed E-state index contributed by atoms with van der Waals surface area (Å²) in [4.78, 5) is 22.6. The highest BCUT2D eigenvalue weighted by Crippen LogP contribution is 2.11. The Kier molecular flexibility index (Phi) is 7.54. The summed E-state index contributed by atoms with van der Waals surface area (Å²) in [6, 6.07) is 0. The largest absolute Gasteiger partial charge is 0.481 e. The third-order valence-corrected chi connectivity index (χ3v) is 2.58.